The number of aliphatic hydroxyl groups excluding tert-OH is 1. The fourth-order valence-electron chi connectivity index (χ4n) is 3.12. The van der Waals surface area contributed by atoms with E-state index in [4.69, 9.17) is 0 Å². The van der Waals surface area contributed by atoms with Crippen molar-refractivity contribution in [3.63, 3.8) is 0 Å². The van der Waals surface area contributed by atoms with Crippen molar-refractivity contribution < 1.29 is 14.7 Å². The molecule has 0 heterocycles. The number of rotatable bonds is 9. The summed E-state index contributed by atoms with van der Waals surface area (Å²) in [6, 6.07) is 0. The molecule has 1 unspecified atom stereocenters. The van der Waals surface area contributed by atoms with Crippen LogP contribution in [0.2, 0.25) is 0 Å². The first kappa shape index (κ1) is 22.3. The lowest BCUT2D eigenvalue weighted by Crippen LogP contribution is -2.21. The molecule has 1 aliphatic rings. The van der Waals surface area contributed by atoms with E-state index < -0.39 is 6.10 Å². The van der Waals surface area contributed by atoms with Crippen LogP contribution in [-0.2, 0) is 9.59 Å². The molecule has 144 valence electrons. The van der Waals surface area contributed by atoms with E-state index in [1.165, 1.54) is 11.1 Å². The van der Waals surface area contributed by atoms with Crippen molar-refractivity contribution in [2.75, 3.05) is 0 Å². The summed E-state index contributed by atoms with van der Waals surface area (Å²) in [5.41, 5.74) is 4.89. The SMILES string of the molecule is CC(C)=CCC/C(C)=C/CCC(O)CCC1=C(C)C(=O)C(C)=C(C)C1=O. The van der Waals surface area contributed by atoms with Crippen LogP contribution in [0.5, 0.6) is 0 Å². The predicted octanol–water partition coefficient (Wildman–Crippen LogP) is 5.41. The summed E-state index contributed by atoms with van der Waals surface area (Å²) < 4.78 is 0. The maximum absolute atomic E-state index is 12.4. The zero-order valence-corrected chi connectivity index (χ0v) is 17.2. The van der Waals surface area contributed by atoms with Crippen LogP contribution >= 0.6 is 0 Å². The molecule has 0 aliphatic heterocycles. The quantitative estimate of drug-likeness (QED) is 0.443. The van der Waals surface area contributed by atoms with Crippen LogP contribution < -0.4 is 0 Å². The molecule has 0 radical (unpaired) electrons. The molecule has 3 nitrogen and oxygen atoms in total. The van der Waals surface area contributed by atoms with Crippen molar-refractivity contribution in [1.82, 2.24) is 0 Å². The van der Waals surface area contributed by atoms with Crippen LogP contribution in [0.4, 0.5) is 0 Å². The minimum absolute atomic E-state index is 0.0400. The van der Waals surface area contributed by atoms with Gasteiger partial charge in [-0.25, -0.2) is 0 Å². The first-order valence-corrected chi connectivity index (χ1v) is 9.58. The molecule has 1 aliphatic carbocycles. The molecular formula is C23H34O3. The van der Waals surface area contributed by atoms with Gasteiger partial charge in [0.2, 0.25) is 0 Å². The van der Waals surface area contributed by atoms with Crippen LogP contribution in [0.3, 0.4) is 0 Å². The second kappa shape index (κ2) is 10.4. The summed E-state index contributed by atoms with van der Waals surface area (Å²) in [6.07, 6.45) is 8.59. The van der Waals surface area contributed by atoms with Crippen molar-refractivity contribution in [1.29, 1.82) is 0 Å². The van der Waals surface area contributed by atoms with Gasteiger partial charge in [-0.1, -0.05) is 23.3 Å². The van der Waals surface area contributed by atoms with Gasteiger partial charge in [0.1, 0.15) is 0 Å². The normalized spacial score (nSPS) is 17.1. The predicted molar refractivity (Wildman–Crippen MR) is 108 cm³/mol. The fourth-order valence-corrected chi connectivity index (χ4v) is 3.12. The molecule has 0 aromatic rings. The largest absolute Gasteiger partial charge is 0.393 e. The van der Waals surface area contributed by atoms with Gasteiger partial charge in [-0.3, -0.25) is 9.59 Å². The van der Waals surface area contributed by atoms with Gasteiger partial charge in [-0.2, -0.15) is 0 Å². The maximum atomic E-state index is 12.4. The maximum Gasteiger partial charge on any atom is 0.185 e. The molecule has 1 N–H and O–H groups in total. The van der Waals surface area contributed by atoms with Crippen molar-refractivity contribution in [2.24, 2.45) is 0 Å². The summed E-state index contributed by atoms with van der Waals surface area (Å²) in [5, 5.41) is 10.2. The van der Waals surface area contributed by atoms with Crippen molar-refractivity contribution in [3.05, 3.63) is 45.6 Å². The average molecular weight is 359 g/mol. The van der Waals surface area contributed by atoms with Gasteiger partial charge in [0.25, 0.3) is 0 Å². The molecule has 0 saturated heterocycles. The van der Waals surface area contributed by atoms with Crippen LogP contribution in [0.25, 0.3) is 0 Å². The Labute approximate surface area is 158 Å². The number of allylic oxidation sites excluding steroid dienone is 8. The molecule has 1 rings (SSSR count). The Kier molecular flexibility index (Phi) is 8.94. The molecule has 0 spiro atoms. The second-order valence-corrected chi connectivity index (χ2v) is 7.65. The molecular weight excluding hydrogens is 324 g/mol. The summed E-state index contributed by atoms with van der Waals surface area (Å²) in [7, 11) is 0. The lowest BCUT2D eigenvalue weighted by atomic mass is 9.83. The first-order valence-electron chi connectivity index (χ1n) is 9.58. The van der Waals surface area contributed by atoms with Gasteiger partial charge >= 0.3 is 0 Å². The number of aliphatic hydroxyl groups is 1. The summed E-state index contributed by atoms with van der Waals surface area (Å²) in [6.45, 7) is 11.5. The number of carbonyl (C=O) groups excluding carboxylic acids is 2. The molecule has 26 heavy (non-hydrogen) atoms. The van der Waals surface area contributed by atoms with E-state index >= 15 is 0 Å². The Morgan fingerprint density at radius 2 is 1.50 bits per heavy atom. The zero-order valence-electron chi connectivity index (χ0n) is 17.2. The Morgan fingerprint density at radius 1 is 0.885 bits per heavy atom. The lowest BCUT2D eigenvalue weighted by Gasteiger charge is -2.19. The molecule has 0 aromatic carbocycles. The lowest BCUT2D eigenvalue weighted by molar-refractivity contribution is -0.116. The van der Waals surface area contributed by atoms with E-state index in [0.29, 0.717) is 41.6 Å². The third kappa shape index (κ3) is 6.53. The van der Waals surface area contributed by atoms with E-state index in [2.05, 4.69) is 32.9 Å². The van der Waals surface area contributed by atoms with Crippen molar-refractivity contribution in [2.45, 2.75) is 86.2 Å². The highest BCUT2D eigenvalue weighted by molar-refractivity contribution is 6.24. The van der Waals surface area contributed by atoms with Crippen molar-refractivity contribution >= 4 is 11.6 Å². The molecule has 0 fully saturated rings. The van der Waals surface area contributed by atoms with Crippen LogP contribution in [0.1, 0.15) is 80.1 Å². The number of hydrogen-bond donors (Lipinski definition) is 1. The Bertz CT molecular complexity index is 668. The van der Waals surface area contributed by atoms with Crippen LogP contribution in [-0.4, -0.2) is 22.8 Å². The highest BCUT2D eigenvalue weighted by Gasteiger charge is 2.27. The minimum Gasteiger partial charge on any atom is -0.393 e. The highest BCUT2D eigenvalue weighted by atomic mass is 16.3. The minimum atomic E-state index is -0.452. The van der Waals surface area contributed by atoms with Gasteiger partial charge < -0.3 is 5.11 Å². The van der Waals surface area contributed by atoms with Gasteiger partial charge in [0.15, 0.2) is 11.6 Å². The van der Waals surface area contributed by atoms with E-state index in [1.54, 1.807) is 20.8 Å². The number of Topliss-reactive ketones (excluding diaryl/α,β-unsaturated/α-hetero) is 2. The number of carbonyl (C=O) groups is 2. The Balaban J connectivity index is 2.47. The van der Waals surface area contributed by atoms with Crippen molar-refractivity contribution in [3.8, 4) is 0 Å². The summed E-state index contributed by atoms with van der Waals surface area (Å²) >= 11 is 0. The Morgan fingerprint density at radius 3 is 2.12 bits per heavy atom. The van der Waals surface area contributed by atoms with Gasteiger partial charge in [-0.05, 0) is 80.1 Å². The second-order valence-electron chi connectivity index (χ2n) is 7.65. The van der Waals surface area contributed by atoms with Gasteiger partial charge in [-0.15, -0.1) is 0 Å². The molecule has 1 atom stereocenters. The Hall–Kier alpha value is -1.74. The fraction of sp³-hybridized carbons (Fsp3) is 0.565. The standard InChI is InChI=1S/C23H34O3/c1-15(2)9-7-10-16(3)11-8-12-20(24)13-14-21-19(6)22(25)17(4)18(5)23(21)26/h9,11,20,24H,7-8,10,12-14H2,1-6H3/b16-11+. The number of hydrogen-bond acceptors (Lipinski definition) is 3. The smallest absolute Gasteiger partial charge is 0.185 e. The van der Waals surface area contributed by atoms with E-state index in [1.807, 2.05) is 0 Å². The third-order valence-corrected chi connectivity index (χ3v) is 5.12. The van der Waals surface area contributed by atoms with Gasteiger partial charge in [0, 0.05) is 22.3 Å². The topological polar surface area (TPSA) is 54.4 Å². The van der Waals surface area contributed by atoms with E-state index in [0.717, 1.165) is 19.3 Å². The number of ketones is 2. The van der Waals surface area contributed by atoms with Crippen LogP contribution in [0, 0.1) is 0 Å². The molecule has 0 bridgehead atoms. The highest BCUT2D eigenvalue weighted by Crippen LogP contribution is 2.27. The summed E-state index contributed by atoms with van der Waals surface area (Å²) in [5.74, 6) is -0.0803. The van der Waals surface area contributed by atoms with Crippen LogP contribution in [0.15, 0.2) is 45.6 Å². The molecule has 0 amide bonds. The monoisotopic (exact) mass is 358 g/mol. The average Bonchev–Trinajstić information content (AvgIpc) is 2.58. The molecule has 3 heteroatoms. The van der Waals surface area contributed by atoms with E-state index in [-0.39, 0.29) is 11.6 Å². The third-order valence-electron chi connectivity index (χ3n) is 5.12. The van der Waals surface area contributed by atoms with E-state index in [9.17, 15) is 14.7 Å². The zero-order chi connectivity index (χ0) is 19.9. The first-order chi connectivity index (χ1) is 12.1. The molecule has 0 saturated carbocycles. The van der Waals surface area contributed by atoms with Gasteiger partial charge in [0.05, 0.1) is 6.10 Å². The summed E-state index contributed by atoms with van der Waals surface area (Å²) in [4.78, 5) is 24.6. The molecule has 0 aromatic heterocycles.